The minimum atomic E-state index is -1.41. The molecule has 1 aromatic heterocycles. The predicted molar refractivity (Wildman–Crippen MR) is 28.7 cm³/mol. The van der Waals surface area contributed by atoms with Crippen molar-refractivity contribution in [3.63, 3.8) is 0 Å². The lowest BCUT2D eigenvalue weighted by Gasteiger charge is -1.87. The van der Waals surface area contributed by atoms with E-state index in [2.05, 4.69) is 10.2 Å². The molecule has 1 radical (unpaired) electrons. The van der Waals surface area contributed by atoms with Gasteiger partial charge in [0, 0.05) is 6.07 Å². The van der Waals surface area contributed by atoms with Gasteiger partial charge in [0.1, 0.15) is 0 Å². The van der Waals surface area contributed by atoms with Gasteiger partial charge in [-0.05, 0) is 6.07 Å². The van der Waals surface area contributed by atoms with E-state index in [4.69, 9.17) is 5.11 Å². The SMILES string of the molecule is [O]C(=O)c1ccc(O)nn1. The number of nitrogens with zero attached hydrogens (tertiary/aromatic N) is 2. The monoisotopic (exact) mass is 139 g/mol. The molecule has 1 aromatic rings. The highest BCUT2D eigenvalue weighted by Crippen LogP contribution is 2.00. The maximum atomic E-state index is 10.0. The average Bonchev–Trinajstić information content (AvgIpc) is 1.88. The zero-order valence-corrected chi connectivity index (χ0v) is 4.81. The molecule has 0 bridgehead atoms. The first-order valence-electron chi connectivity index (χ1n) is 2.44. The standard InChI is InChI=1S/C5H3N2O3/c8-4-2-1-3(5(9)10)6-7-4/h1-2H,(H,7,8). The summed E-state index contributed by atoms with van der Waals surface area (Å²) in [4.78, 5) is 10.0. The van der Waals surface area contributed by atoms with E-state index >= 15 is 0 Å². The van der Waals surface area contributed by atoms with Gasteiger partial charge in [0.15, 0.2) is 5.69 Å². The number of rotatable bonds is 1. The van der Waals surface area contributed by atoms with Crippen molar-refractivity contribution in [2.24, 2.45) is 0 Å². The molecular weight excluding hydrogens is 136 g/mol. The van der Waals surface area contributed by atoms with Crippen molar-refractivity contribution in [1.82, 2.24) is 10.2 Å². The van der Waals surface area contributed by atoms with E-state index in [0.717, 1.165) is 12.1 Å². The largest absolute Gasteiger partial charge is 0.492 e. The molecule has 0 fully saturated rings. The number of carbonyl (C=O) groups is 1. The number of hydrogen-bond acceptors (Lipinski definition) is 4. The summed E-state index contributed by atoms with van der Waals surface area (Å²) in [6, 6.07) is 2.23. The Hall–Kier alpha value is -1.65. The molecule has 0 aliphatic heterocycles. The summed E-state index contributed by atoms with van der Waals surface area (Å²) in [5.41, 5.74) is -0.294. The molecule has 0 unspecified atom stereocenters. The molecule has 0 aliphatic carbocycles. The lowest BCUT2D eigenvalue weighted by molar-refractivity contribution is 0.0564. The number of aromatic nitrogens is 2. The first kappa shape index (κ1) is 6.47. The Morgan fingerprint density at radius 3 is 2.50 bits per heavy atom. The molecule has 1 heterocycles. The molecule has 0 saturated carbocycles. The Labute approximate surface area is 56.0 Å². The molecule has 51 valence electrons. The molecule has 1 rings (SSSR count). The van der Waals surface area contributed by atoms with E-state index in [9.17, 15) is 9.90 Å². The summed E-state index contributed by atoms with van der Waals surface area (Å²) >= 11 is 0. The molecule has 0 aliphatic rings. The smallest absolute Gasteiger partial charge is 0.406 e. The summed E-state index contributed by atoms with van der Waals surface area (Å²) < 4.78 is 0. The van der Waals surface area contributed by atoms with Gasteiger partial charge in [-0.2, -0.15) is 0 Å². The van der Waals surface area contributed by atoms with E-state index < -0.39 is 5.97 Å². The summed E-state index contributed by atoms with van der Waals surface area (Å²) in [5.74, 6) is -1.72. The van der Waals surface area contributed by atoms with Gasteiger partial charge in [0.2, 0.25) is 5.88 Å². The van der Waals surface area contributed by atoms with Gasteiger partial charge in [-0.25, -0.2) is 9.90 Å². The van der Waals surface area contributed by atoms with E-state index in [0.29, 0.717) is 0 Å². The van der Waals surface area contributed by atoms with Crippen molar-refractivity contribution < 1.29 is 15.0 Å². The Morgan fingerprint density at radius 2 is 2.10 bits per heavy atom. The fraction of sp³-hybridized carbons (Fsp3) is 0. The van der Waals surface area contributed by atoms with Gasteiger partial charge in [0.05, 0.1) is 0 Å². The average molecular weight is 139 g/mol. The van der Waals surface area contributed by atoms with Crippen molar-refractivity contribution >= 4 is 5.97 Å². The number of hydrogen-bond donors (Lipinski definition) is 1. The van der Waals surface area contributed by atoms with Crippen LogP contribution >= 0.6 is 0 Å². The van der Waals surface area contributed by atoms with Crippen molar-refractivity contribution in [3.05, 3.63) is 17.8 Å². The second kappa shape index (κ2) is 2.30. The quantitative estimate of drug-likeness (QED) is 0.581. The molecule has 0 atom stereocenters. The minimum Gasteiger partial charge on any atom is -0.492 e. The van der Waals surface area contributed by atoms with Gasteiger partial charge in [-0.1, -0.05) is 0 Å². The van der Waals surface area contributed by atoms with Crippen LogP contribution in [-0.4, -0.2) is 21.3 Å². The van der Waals surface area contributed by atoms with E-state index in [1.165, 1.54) is 0 Å². The minimum absolute atomic E-state index is 0.294. The maximum absolute atomic E-state index is 10.0. The van der Waals surface area contributed by atoms with Crippen LogP contribution in [0.15, 0.2) is 12.1 Å². The lowest BCUT2D eigenvalue weighted by atomic mass is 10.4. The van der Waals surface area contributed by atoms with Crippen LogP contribution in [0.1, 0.15) is 10.5 Å². The second-order valence-electron chi connectivity index (χ2n) is 1.56. The van der Waals surface area contributed by atoms with Crippen molar-refractivity contribution in [2.75, 3.05) is 0 Å². The Morgan fingerprint density at radius 1 is 1.40 bits per heavy atom. The predicted octanol–water partition coefficient (Wildman–Crippen LogP) is -0.247. The van der Waals surface area contributed by atoms with Crippen molar-refractivity contribution in [3.8, 4) is 5.88 Å². The number of aromatic hydroxyl groups is 1. The van der Waals surface area contributed by atoms with E-state index in [1.54, 1.807) is 0 Å². The second-order valence-corrected chi connectivity index (χ2v) is 1.56. The van der Waals surface area contributed by atoms with Gasteiger partial charge in [0.25, 0.3) is 0 Å². The Balaban J connectivity index is 3.00. The maximum Gasteiger partial charge on any atom is 0.406 e. The molecule has 0 saturated heterocycles. The first-order chi connectivity index (χ1) is 4.70. The van der Waals surface area contributed by atoms with Crippen LogP contribution < -0.4 is 0 Å². The van der Waals surface area contributed by atoms with Crippen LogP contribution in [0, 0.1) is 0 Å². The Bertz CT molecular complexity index is 244. The van der Waals surface area contributed by atoms with Crippen LogP contribution in [0.4, 0.5) is 0 Å². The topological polar surface area (TPSA) is 83.0 Å². The zero-order chi connectivity index (χ0) is 7.56. The highest BCUT2D eigenvalue weighted by atomic mass is 16.4. The molecule has 10 heavy (non-hydrogen) atoms. The fourth-order valence-electron chi connectivity index (χ4n) is 0.434. The zero-order valence-electron chi connectivity index (χ0n) is 4.81. The molecule has 0 amide bonds. The van der Waals surface area contributed by atoms with Crippen LogP contribution in [0.5, 0.6) is 5.88 Å². The van der Waals surface area contributed by atoms with Crippen LogP contribution in [0.2, 0.25) is 0 Å². The van der Waals surface area contributed by atoms with Crippen molar-refractivity contribution in [2.45, 2.75) is 0 Å². The van der Waals surface area contributed by atoms with E-state index in [1.807, 2.05) is 0 Å². The fourth-order valence-corrected chi connectivity index (χ4v) is 0.434. The third-order valence-corrected chi connectivity index (χ3v) is 0.860. The Kier molecular flexibility index (Phi) is 1.49. The van der Waals surface area contributed by atoms with Crippen LogP contribution in [0.3, 0.4) is 0 Å². The summed E-state index contributed by atoms with van der Waals surface area (Å²) in [5, 5.41) is 24.8. The van der Waals surface area contributed by atoms with Crippen LogP contribution in [0.25, 0.3) is 0 Å². The normalized spacial score (nSPS) is 9.20. The highest BCUT2D eigenvalue weighted by Gasteiger charge is 2.05. The van der Waals surface area contributed by atoms with Gasteiger partial charge < -0.3 is 5.11 Å². The number of carbonyl (C=O) groups excluding carboxylic acids is 1. The summed E-state index contributed by atoms with van der Waals surface area (Å²) in [7, 11) is 0. The molecule has 5 heteroatoms. The molecule has 0 aromatic carbocycles. The van der Waals surface area contributed by atoms with Crippen molar-refractivity contribution in [1.29, 1.82) is 0 Å². The molecule has 5 nitrogen and oxygen atoms in total. The molecular formula is C5H3N2O3. The van der Waals surface area contributed by atoms with E-state index in [-0.39, 0.29) is 11.6 Å². The molecule has 0 spiro atoms. The summed E-state index contributed by atoms with van der Waals surface area (Å²) in [6.45, 7) is 0. The van der Waals surface area contributed by atoms with Gasteiger partial charge in [-0.15, -0.1) is 10.2 Å². The van der Waals surface area contributed by atoms with Gasteiger partial charge in [-0.3, -0.25) is 0 Å². The highest BCUT2D eigenvalue weighted by molar-refractivity contribution is 5.84. The third-order valence-electron chi connectivity index (χ3n) is 0.860. The first-order valence-corrected chi connectivity index (χ1v) is 2.44. The van der Waals surface area contributed by atoms with Gasteiger partial charge >= 0.3 is 5.97 Å². The van der Waals surface area contributed by atoms with Crippen LogP contribution in [-0.2, 0) is 5.11 Å². The summed E-state index contributed by atoms with van der Waals surface area (Å²) in [6.07, 6.45) is 0. The third kappa shape index (κ3) is 1.19. The molecule has 1 N–H and O–H groups in total. The lowest BCUT2D eigenvalue weighted by Crippen LogP contribution is -1.98.